The van der Waals surface area contributed by atoms with Crippen molar-refractivity contribution in [3.8, 4) is 0 Å². The lowest BCUT2D eigenvalue weighted by molar-refractivity contribution is -0.121. The van der Waals surface area contributed by atoms with E-state index in [0.29, 0.717) is 0 Å². The van der Waals surface area contributed by atoms with Gasteiger partial charge in [0.25, 0.3) is 0 Å². The summed E-state index contributed by atoms with van der Waals surface area (Å²) in [5.41, 5.74) is 0.762. The molecule has 0 saturated heterocycles. The minimum absolute atomic E-state index is 0.0665. The number of amides is 1. The number of nitrogens with one attached hydrogen (secondary N) is 1. The summed E-state index contributed by atoms with van der Waals surface area (Å²) in [6.07, 6.45) is 0. The third kappa shape index (κ3) is 5.64. The number of hydrogen-bond acceptors (Lipinski definition) is 4. The number of nitrogens with zero attached hydrogens (tertiary/aromatic N) is 1. The number of benzene rings is 2. The Balaban J connectivity index is 2.27. The van der Waals surface area contributed by atoms with E-state index < -0.39 is 15.9 Å². The van der Waals surface area contributed by atoms with Crippen molar-refractivity contribution in [2.45, 2.75) is 11.4 Å². The Bertz CT molecular complexity index is 795. The van der Waals surface area contributed by atoms with Crippen LogP contribution in [0.15, 0.2) is 64.0 Å². The number of sulfonamides is 1. The first-order valence-electron chi connectivity index (χ1n) is 7.60. The van der Waals surface area contributed by atoms with Crippen molar-refractivity contribution in [1.82, 2.24) is 9.62 Å². The van der Waals surface area contributed by atoms with E-state index in [1.807, 2.05) is 12.1 Å². The maximum absolute atomic E-state index is 12.9. The Morgan fingerprint density at radius 1 is 1.08 bits per heavy atom. The molecule has 1 amide bonds. The molecular weight excluding hydrogens is 408 g/mol. The highest BCUT2D eigenvalue weighted by molar-refractivity contribution is 9.10. The quantitative estimate of drug-likeness (QED) is 0.672. The van der Waals surface area contributed by atoms with E-state index in [2.05, 4.69) is 21.2 Å². The molecule has 0 unspecified atom stereocenters. The molecule has 0 bridgehead atoms. The lowest BCUT2D eigenvalue weighted by Gasteiger charge is -2.22. The number of aliphatic hydroxyl groups excluding tert-OH is 1. The molecule has 0 fully saturated rings. The van der Waals surface area contributed by atoms with Crippen LogP contribution in [-0.2, 0) is 21.4 Å². The first-order valence-corrected chi connectivity index (χ1v) is 9.84. The van der Waals surface area contributed by atoms with E-state index in [-0.39, 0.29) is 31.1 Å². The number of carbonyl (C=O) groups is 1. The van der Waals surface area contributed by atoms with Crippen molar-refractivity contribution in [1.29, 1.82) is 0 Å². The van der Waals surface area contributed by atoms with Crippen molar-refractivity contribution in [3.63, 3.8) is 0 Å². The van der Waals surface area contributed by atoms with Gasteiger partial charge in [-0.3, -0.25) is 4.79 Å². The Kier molecular flexibility index (Phi) is 7.12. The second-order valence-corrected chi connectivity index (χ2v) is 8.14. The molecule has 0 aliphatic rings. The van der Waals surface area contributed by atoms with Gasteiger partial charge in [-0.25, -0.2) is 8.42 Å². The van der Waals surface area contributed by atoms with E-state index in [0.717, 1.165) is 14.3 Å². The van der Waals surface area contributed by atoms with Crippen LogP contribution in [0, 0.1) is 0 Å². The van der Waals surface area contributed by atoms with Gasteiger partial charge >= 0.3 is 0 Å². The second kappa shape index (κ2) is 9.10. The highest BCUT2D eigenvalue weighted by Crippen LogP contribution is 2.19. The van der Waals surface area contributed by atoms with Crippen LogP contribution >= 0.6 is 15.9 Å². The van der Waals surface area contributed by atoms with Crippen LogP contribution in [0.25, 0.3) is 0 Å². The van der Waals surface area contributed by atoms with E-state index in [4.69, 9.17) is 5.11 Å². The average Bonchev–Trinajstić information content (AvgIpc) is 2.62. The van der Waals surface area contributed by atoms with Crippen LogP contribution in [0.2, 0.25) is 0 Å². The van der Waals surface area contributed by atoms with Gasteiger partial charge in [-0.2, -0.15) is 4.31 Å². The molecule has 6 nitrogen and oxygen atoms in total. The minimum atomic E-state index is -3.83. The number of halogens is 1. The van der Waals surface area contributed by atoms with Crippen molar-refractivity contribution in [3.05, 3.63) is 64.6 Å². The third-order valence-electron chi connectivity index (χ3n) is 3.41. The molecule has 2 aromatic carbocycles. The van der Waals surface area contributed by atoms with Crippen molar-refractivity contribution < 1.29 is 18.3 Å². The summed E-state index contributed by atoms with van der Waals surface area (Å²) >= 11 is 3.34. The summed E-state index contributed by atoms with van der Waals surface area (Å²) in [7, 11) is -3.83. The van der Waals surface area contributed by atoms with Crippen LogP contribution < -0.4 is 5.32 Å². The molecule has 8 heteroatoms. The van der Waals surface area contributed by atoms with Crippen LogP contribution in [0.3, 0.4) is 0 Å². The van der Waals surface area contributed by atoms with Crippen LogP contribution in [0.4, 0.5) is 0 Å². The maximum atomic E-state index is 12.9. The lowest BCUT2D eigenvalue weighted by atomic mass is 10.2. The van der Waals surface area contributed by atoms with Gasteiger partial charge in [0.05, 0.1) is 18.0 Å². The molecule has 134 valence electrons. The van der Waals surface area contributed by atoms with Crippen LogP contribution in [0.5, 0.6) is 0 Å². The SMILES string of the molecule is O=C(CN(Cc1ccc(Br)cc1)S(=O)(=O)c1ccccc1)NCCO. The van der Waals surface area contributed by atoms with Gasteiger partial charge in [0, 0.05) is 17.6 Å². The largest absolute Gasteiger partial charge is 0.395 e. The first kappa shape index (κ1) is 19.6. The lowest BCUT2D eigenvalue weighted by Crippen LogP contribution is -2.41. The molecule has 0 saturated carbocycles. The molecule has 0 aromatic heterocycles. The molecule has 25 heavy (non-hydrogen) atoms. The summed E-state index contributed by atoms with van der Waals surface area (Å²) in [5.74, 6) is -0.467. The number of carbonyl (C=O) groups excluding carboxylic acids is 1. The molecule has 0 heterocycles. The molecule has 0 atom stereocenters. The van der Waals surface area contributed by atoms with Crippen LogP contribution in [0.1, 0.15) is 5.56 Å². The molecule has 0 radical (unpaired) electrons. The Labute approximate surface area is 155 Å². The maximum Gasteiger partial charge on any atom is 0.243 e. The Morgan fingerprint density at radius 2 is 1.72 bits per heavy atom. The van der Waals surface area contributed by atoms with Gasteiger partial charge in [0.2, 0.25) is 15.9 Å². The third-order valence-corrected chi connectivity index (χ3v) is 5.74. The fourth-order valence-electron chi connectivity index (χ4n) is 2.17. The summed E-state index contributed by atoms with van der Waals surface area (Å²) < 4.78 is 27.8. The minimum Gasteiger partial charge on any atom is -0.395 e. The zero-order valence-electron chi connectivity index (χ0n) is 13.4. The fourth-order valence-corrected chi connectivity index (χ4v) is 3.84. The zero-order chi connectivity index (χ0) is 18.3. The van der Waals surface area contributed by atoms with Gasteiger partial charge in [-0.1, -0.05) is 46.3 Å². The van der Waals surface area contributed by atoms with Gasteiger partial charge in [-0.05, 0) is 29.8 Å². The highest BCUT2D eigenvalue weighted by Gasteiger charge is 2.26. The van der Waals surface area contributed by atoms with Gasteiger partial charge in [0.15, 0.2) is 0 Å². The fraction of sp³-hybridized carbons (Fsp3) is 0.235. The van der Waals surface area contributed by atoms with E-state index >= 15 is 0 Å². The normalized spacial score (nSPS) is 11.5. The average molecular weight is 427 g/mol. The van der Waals surface area contributed by atoms with Gasteiger partial charge in [-0.15, -0.1) is 0 Å². The predicted molar refractivity (Wildman–Crippen MR) is 98.3 cm³/mol. The predicted octanol–water partition coefficient (Wildman–Crippen LogP) is 1.75. The second-order valence-electron chi connectivity index (χ2n) is 5.29. The molecule has 2 N–H and O–H groups in total. The van der Waals surface area contributed by atoms with Crippen molar-refractivity contribution >= 4 is 31.9 Å². The van der Waals surface area contributed by atoms with Gasteiger partial charge in [0.1, 0.15) is 0 Å². The molecule has 2 aromatic rings. The van der Waals surface area contributed by atoms with E-state index in [9.17, 15) is 13.2 Å². The first-order chi connectivity index (χ1) is 11.9. The summed E-state index contributed by atoms with van der Waals surface area (Å²) in [6.45, 7) is -0.384. The Morgan fingerprint density at radius 3 is 2.32 bits per heavy atom. The smallest absolute Gasteiger partial charge is 0.243 e. The monoisotopic (exact) mass is 426 g/mol. The topological polar surface area (TPSA) is 86.7 Å². The number of rotatable bonds is 8. The summed E-state index contributed by atoms with van der Waals surface area (Å²) in [4.78, 5) is 12.1. The van der Waals surface area contributed by atoms with E-state index in [1.54, 1.807) is 30.3 Å². The molecule has 0 aliphatic carbocycles. The summed E-state index contributed by atoms with van der Waals surface area (Å²) in [6, 6.07) is 15.2. The molecule has 0 aliphatic heterocycles. The van der Waals surface area contributed by atoms with Gasteiger partial charge < -0.3 is 10.4 Å². The molecule has 0 spiro atoms. The number of aliphatic hydroxyl groups is 1. The summed E-state index contributed by atoms with van der Waals surface area (Å²) in [5, 5.41) is 11.3. The molecular formula is C17H19BrN2O4S. The van der Waals surface area contributed by atoms with Crippen molar-refractivity contribution in [2.24, 2.45) is 0 Å². The number of hydrogen-bond donors (Lipinski definition) is 2. The Hall–Kier alpha value is -1.74. The zero-order valence-corrected chi connectivity index (χ0v) is 15.8. The van der Waals surface area contributed by atoms with E-state index in [1.165, 1.54) is 12.1 Å². The standard InChI is InChI=1S/C17H19BrN2O4S/c18-15-8-6-14(7-9-15)12-20(13-17(22)19-10-11-21)25(23,24)16-4-2-1-3-5-16/h1-9,21H,10-13H2,(H,19,22). The molecule has 2 rings (SSSR count). The van der Waals surface area contributed by atoms with Crippen LogP contribution in [-0.4, -0.2) is 43.4 Å². The highest BCUT2D eigenvalue weighted by atomic mass is 79.9. The van der Waals surface area contributed by atoms with Crippen molar-refractivity contribution in [2.75, 3.05) is 19.7 Å².